The Bertz CT molecular complexity index is 1230. The van der Waals surface area contributed by atoms with Crippen LogP contribution in [0.5, 0.6) is 5.75 Å². The molecule has 196 valence electrons. The van der Waals surface area contributed by atoms with Crippen LogP contribution in [0.1, 0.15) is 47.3 Å². The van der Waals surface area contributed by atoms with E-state index in [-0.39, 0.29) is 12.6 Å². The highest BCUT2D eigenvalue weighted by molar-refractivity contribution is 5.85. The predicted molar refractivity (Wildman–Crippen MR) is 149 cm³/mol. The molecule has 6 nitrogen and oxygen atoms in total. The normalized spacial score (nSPS) is 14.1. The van der Waals surface area contributed by atoms with Gasteiger partial charge < -0.3 is 24.8 Å². The molecule has 0 aliphatic carbocycles. The SMILES string of the molecule is CCc1ccc(C)cc1.CO.O=CN1CCc2c([nH]c3ccccc23)C1c1ccc(OCCCO)cc1. The van der Waals surface area contributed by atoms with Gasteiger partial charge in [-0.2, -0.15) is 0 Å². The fourth-order valence-corrected chi connectivity index (χ4v) is 4.56. The van der Waals surface area contributed by atoms with Gasteiger partial charge in [0.25, 0.3) is 0 Å². The van der Waals surface area contributed by atoms with E-state index in [4.69, 9.17) is 14.9 Å². The smallest absolute Gasteiger partial charge is 0.210 e. The summed E-state index contributed by atoms with van der Waals surface area (Å²) < 4.78 is 5.61. The van der Waals surface area contributed by atoms with Crippen LogP contribution in [0.25, 0.3) is 10.9 Å². The summed E-state index contributed by atoms with van der Waals surface area (Å²) in [5, 5.41) is 17.1. The average Bonchev–Trinajstić information content (AvgIpc) is 3.34. The molecule has 37 heavy (non-hydrogen) atoms. The minimum absolute atomic E-state index is 0.116. The fourth-order valence-electron chi connectivity index (χ4n) is 4.56. The number of aliphatic hydroxyl groups is 2. The molecule has 1 unspecified atom stereocenters. The van der Waals surface area contributed by atoms with Gasteiger partial charge in [-0.05, 0) is 54.7 Å². The number of aromatic amines is 1. The van der Waals surface area contributed by atoms with Crippen molar-refractivity contribution < 1.29 is 19.7 Å². The minimum Gasteiger partial charge on any atom is -0.494 e. The highest BCUT2D eigenvalue weighted by Gasteiger charge is 2.30. The molecule has 3 N–H and O–H groups in total. The number of hydrogen-bond donors (Lipinski definition) is 3. The van der Waals surface area contributed by atoms with Crippen molar-refractivity contribution in [2.45, 2.75) is 39.2 Å². The zero-order valence-corrected chi connectivity index (χ0v) is 22.0. The van der Waals surface area contributed by atoms with Crippen LogP contribution in [0.2, 0.25) is 0 Å². The number of fused-ring (bicyclic) bond motifs is 3. The van der Waals surface area contributed by atoms with Gasteiger partial charge in [-0.1, -0.05) is 67.1 Å². The maximum atomic E-state index is 11.7. The minimum atomic E-state index is -0.116. The number of nitrogens with one attached hydrogen (secondary N) is 1. The zero-order valence-electron chi connectivity index (χ0n) is 22.0. The molecule has 1 aromatic heterocycles. The largest absolute Gasteiger partial charge is 0.494 e. The quantitative estimate of drug-likeness (QED) is 0.240. The first-order valence-electron chi connectivity index (χ1n) is 12.8. The Labute approximate surface area is 219 Å². The summed E-state index contributed by atoms with van der Waals surface area (Å²) in [6, 6.07) is 24.7. The van der Waals surface area contributed by atoms with Gasteiger partial charge in [0.05, 0.1) is 12.6 Å². The average molecular weight is 503 g/mol. The molecule has 1 aliphatic rings. The second-order valence-corrected chi connectivity index (χ2v) is 8.89. The van der Waals surface area contributed by atoms with Gasteiger partial charge in [0.15, 0.2) is 0 Å². The number of aromatic nitrogens is 1. The molecular formula is C31H38N2O4. The van der Waals surface area contributed by atoms with E-state index in [9.17, 15) is 4.79 Å². The van der Waals surface area contributed by atoms with Gasteiger partial charge in [-0.25, -0.2) is 0 Å². The van der Waals surface area contributed by atoms with E-state index in [1.54, 1.807) is 0 Å². The van der Waals surface area contributed by atoms with Crippen LogP contribution in [0.15, 0.2) is 72.8 Å². The summed E-state index contributed by atoms with van der Waals surface area (Å²) in [6.07, 6.45) is 3.55. The van der Waals surface area contributed by atoms with E-state index in [2.05, 4.69) is 61.3 Å². The Morgan fingerprint density at radius 2 is 1.73 bits per heavy atom. The second kappa shape index (κ2) is 14.2. The number of amides is 1. The number of rotatable bonds is 7. The highest BCUT2D eigenvalue weighted by Crippen LogP contribution is 2.38. The molecule has 0 bridgehead atoms. The molecule has 5 rings (SSSR count). The Hall–Kier alpha value is -3.61. The molecule has 1 aliphatic heterocycles. The van der Waals surface area contributed by atoms with Crippen molar-refractivity contribution >= 4 is 17.3 Å². The number of aryl methyl sites for hydroxylation is 2. The molecular weight excluding hydrogens is 464 g/mol. The van der Waals surface area contributed by atoms with Crippen molar-refractivity contribution in [1.29, 1.82) is 0 Å². The Morgan fingerprint density at radius 3 is 2.38 bits per heavy atom. The molecule has 0 saturated heterocycles. The van der Waals surface area contributed by atoms with E-state index in [1.807, 2.05) is 35.2 Å². The number of carbonyl (C=O) groups is 1. The first-order valence-corrected chi connectivity index (χ1v) is 12.8. The van der Waals surface area contributed by atoms with Gasteiger partial charge in [0.2, 0.25) is 6.41 Å². The second-order valence-electron chi connectivity index (χ2n) is 8.89. The first kappa shape index (κ1) is 28.0. The molecule has 3 aromatic carbocycles. The van der Waals surface area contributed by atoms with Crippen molar-refractivity contribution in [2.24, 2.45) is 0 Å². The third-order valence-corrected chi connectivity index (χ3v) is 6.50. The van der Waals surface area contributed by atoms with E-state index < -0.39 is 0 Å². The molecule has 0 spiro atoms. The molecule has 1 atom stereocenters. The maximum Gasteiger partial charge on any atom is 0.210 e. The van der Waals surface area contributed by atoms with Gasteiger partial charge in [0.1, 0.15) is 5.75 Å². The third kappa shape index (κ3) is 7.00. The summed E-state index contributed by atoms with van der Waals surface area (Å²) in [4.78, 5) is 17.0. The number of H-pyrrole nitrogens is 1. The lowest BCUT2D eigenvalue weighted by Crippen LogP contribution is -2.34. The lowest BCUT2D eigenvalue weighted by molar-refractivity contribution is -0.120. The predicted octanol–water partition coefficient (Wildman–Crippen LogP) is 5.20. The summed E-state index contributed by atoms with van der Waals surface area (Å²) in [5.41, 5.74) is 7.32. The molecule has 2 heterocycles. The maximum absolute atomic E-state index is 11.7. The number of aliphatic hydroxyl groups excluding tert-OH is 2. The summed E-state index contributed by atoms with van der Waals surface area (Å²) in [7, 11) is 1.00. The molecule has 1 amide bonds. The number of para-hydroxylation sites is 1. The van der Waals surface area contributed by atoms with Crippen LogP contribution in [0, 0.1) is 6.92 Å². The Morgan fingerprint density at radius 1 is 1.03 bits per heavy atom. The van der Waals surface area contributed by atoms with Crippen LogP contribution in [0.3, 0.4) is 0 Å². The molecule has 6 heteroatoms. The van der Waals surface area contributed by atoms with Gasteiger partial charge in [-0.3, -0.25) is 4.79 Å². The Kier molecular flexibility index (Phi) is 10.7. The van der Waals surface area contributed by atoms with Crippen LogP contribution in [-0.4, -0.2) is 53.4 Å². The number of nitrogens with zero attached hydrogens (tertiary/aromatic N) is 1. The topological polar surface area (TPSA) is 85.8 Å². The van der Waals surface area contributed by atoms with Crippen molar-refractivity contribution in [3.8, 4) is 5.75 Å². The summed E-state index contributed by atoms with van der Waals surface area (Å²) in [6.45, 7) is 5.60. The van der Waals surface area contributed by atoms with Crippen molar-refractivity contribution in [1.82, 2.24) is 9.88 Å². The number of benzene rings is 3. The molecule has 0 fully saturated rings. The fraction of sp³-hybridized carbons (Fsp3) is 0.323. The monoisotopic (exact) mass is 502 g/mol. The number of carbonyl (C=O) groups excluding carboxylic acids is 1. The van der Waals surface area contributed by atoms with E-state index >= 15 is 0 Å². The third-order valence-electron chi connectivity index (χ3n) is 6.50. The van der Waals surface area contributed by atoms with Crippen molar-refractivity contribution in [2.75, 3.05) is 26.9 Å². The molecule has 0 saturated carbocycles. The van der Waals surface area contributed by atoms with Crippen LogP contribution < -0.4 is 4.74 Å². The standard InChI is InChI=1S/C21H22N2O3.C9H12.CH4O/c24-12-3-13-26-16-8-6-15(7-9-16)21-20-18(10-11-23(21)14-25)17-4-1-2-5-19(17)22-20;1-3-9-6-4-8(2)5-7-9;1-2/h1-2,4-9,14,21-22,24H,3,10-13H2;4-7H,3H2,1-2H3;2H,1H3. The van der Waals surface area contributed by atoms with Crippen LogP contribution in [0.4, 0.5) is 0 Å². The van der Waals surface area contributed by atoms with E-state index in [0.29, 0.717) is 19.6 Å². The lowest BCUT2D eigenvalue weighted by atomic mass is 9.93. The van der Waals surface area contributed by atoms with Gasteiger partial charge in [-0.15, -0.1) is 0 Å². The number of hydrogen-bond acceptors (Lipinski definition) is 4. The molecule has 4 aromatic rings. The van der Waals surface area contributed by atoms with E-state index in [1.165, 1.54) is 22.1 Å². The van der Waals surface area contributed by atoms with Gasteiger partial charge in [0, 0.05) is 43.3 Å². The summed E-state index contributed by atoms with van der Waals surface area (Å²) in [5.74, 6) is 0.771. The zero-order chi connectivity index (χ0) is 26.6. The Balaban J connectivity index is 0.000000291. The van der Waals surface area contributed by atoms with Crippen molar-refractivity contribution in [3.63, 3.8) is 0 Å². The lowest BCUT2D eigenvalue weighted by Gasteiger charge is -2.33. The number of ether oxygens (including phenoxy) is 1. The highest BCUT2D eigenvalue weighted by atomic mass is 16.5. The first-order chi connectivity index (χ1) is 18.1. The van der Waals surface area contributed by atoms with E-state index in [0.717, 1.165) is 48.9 Å². The summed E-state index contributed by atoms with van der Waals surface area (Å²) >= 11 is 0. The van der Waals surface area contributed by atoms with Crippen LogP contribution >= 0.6 is 0 Å². The molecule has 0 radical (unpaired) electrons. The van der Waals surface area contributed by atoms with Crippen LogP contribution in [-0.2, 0) is 17.6 Å². The van der Waals surface area contributed by atoms with Gasteiger partial charge >= 0.3 is 0 Å². The van der Waals surface area contributed by atoms with Crippen molar-refractivity contribution in [3.05, 3.63) is 101 Å².